The molecule has 0 N–H and O–H groups in total. The van der Waals surface area contributed by atoms with Crippen LogP contribution in [0.15, 0.2) is 0 Å². The summed E-state index contributed by atoms with van der Waals surface area (Å²) in [6.07, 6.45) is -5.33. The number of hydrogen-bond acceptors (Lipinski definition) is 10. The quantitative estimate of drug-likeness (QED) is 0.231. The van der Waals surface area contributed by atoms with Gasteiger partial charge in [-0.3, -0.25) is 19.2 Å². The first-order valence-corrected chi connectivity index (χ1v) is 6.40. The minimum atomic E-state index is -2.06. The summed E-state index contributed by atoms with van der Waals surface area (Å²) in [5.41, 5.74) is 0. The molecule has 130 valence electrons. The monoisotopic (exact) mass is 372 g/mol. The standard InChI is InChI=1S/C13H18O10.K/c1-6(14)20-5-10(21-7(2)15)11(22-8(3)16)12(13(18)19)23-9(4)17;/h10-12H,5H2,1-4H3,(H,18,19);/q;+1/p-1/t10-,11-,12+;/m1./s1. The second-order valence-corrected chi connectivity index (χ2v) is 4.37. The van der Waals surface area contributed by atoms with Gasteiger partial charge < -0.3 is 28.8 Å². The number of hydrogen-bond donors (Lipinski definition) is 0. The van der Waals surface area contributed by atoms with E-state index < -0.39 is 54.8 Å². The summed E-state index contributed by atoms with van der Waals surface area (Å²) >= 11 is 0. The van der Waals surface area contributed by atoms with Crippen molar-refractivity contribution in [3.8, 4) is 0 Å². The van der Waals surface area contributed by atoms with Crippen LogP contribution in [0.25, 0.3) is 0 Å². The van der Waals surface area contributed by atoms with Crippen molar-refractivity contribution in [2.45, 2.75) is 46.0 Å². The van der Waals surface area contributed by atoms with E-state index in [0.29, 0.717) is 0 Å². The summed E-state index contributed by atoms with van der Waals surface area (Å²) in [5, 5.41) is 11.2. The Morgan fingerprint density at radius 3 is 1.58 bits per heavy atom. The molecule has 0 heterocycles. The van der Waals surface area contributed by atoms with Gasteiger partial charge in [-0.2, -0.15) is 0 Å². The summed E-state index contributed by atoms with van der Waals surface area (Å²) in [4.78, 5) is 55.3. The molecule has 11 heteroatoms. The van der Waals surface area contributed by atoms with Gasteiger partial charge in [-0.1, -0.05) is 0 Å². The number of carboxylic acids is 1. The number of carbonyl (C=O) groups is 5. The fraction of sp³-hybridized carbons (Fsp3) is 0.615. The predicted octanol–water partition coefficient (Wildman–Crippen LogP) is -4.90. The summed E-state index contributed by atoms with van der Waals surface area (Å²) in [5.74, 6) is -5.43. The van der Waals surface area contributed by atoms with Crippen LogP contribution in [0.4, 0.5) is 0 Å². The van der Waals surface area contributed by atoms with Gasteiger partial charge in [0.1, 0.15) is 6.61 Å². The van der Waals surface area contributed by atoms with E-state index in [1.54, 1.807) is 0 Å². The third-order valence-electron chi connectivity index (χ3n) is 2.26. The molecule has 0 spiro atoms. The normalized spacial score (nSPS) is 13.3. The molecule has 0 saturated heterocycles. The summed E-state index contributed by atoms with van der Waals surface area (Å²) in [7, 11) is 0. The van der Waals surface area contributed by atoms with Gasteiger partial charge in [0.15, 0.2) is 18.3 Å². The third-order valence-corrected chi connectivity index (χ3v) is 2.26. The van der Waals surface area contributed by atoms with Gasteiger partial charge >= 0.3 is 75.3 Å². The maximum absolute atomic E-state index is 11.2. The van der Waals surface area contributed by atoms with Crippen molar-refractivity contribution in [1.82, 2.24) is 0 Å². The van der Waals surface area contributed by atoms with Crippen LogP contribution in [-0.4, -0.2) is 54.8 Å². The molecule has 0 radical (unpaired) electrons. The van der Waals surface area contributed by atoms with Gasteiger partial charge in [-0.15, -0.1) is 0 Å². The van der Waals surface area contributed by atoms with Crippen LogP contribution in [0.1, 0.15) is 27.7 Å². The molecule has 0 aliphatic heterocycles. The Hall–Kier alpha value is -1.01. The first-order valence-electron chi connectivity index (χ1n) is 6.40. The van der Waals surface area contributed by atoms with E-state index in [-0.39, 0.29) is 51.4 Å². The molecule has 0 amide bonds. The number of carbonyl (C=O) groups excluding carboxylic acids is 5. The SMILES string of the molecule is CC(=O)OC[C@@H](OC(C)=O)[C@@H](OC(C)=O)[C@H](OC(C)=O)C(=O)[O-].[K+]. The molecule has 0 bridgehead atoms. The Kier molecular flexibility index (Phi) is 13.0. The molecule has 0 rings (SSSR count). The maximum Gasteiger partial charge on any atom is 1.00 e. The van der Waals surface area contributed by atoms with E-state index in [4.69, 9.17) is 9.47 Å². The van der Waals surface area contributed by atoms with E-state index in [1.807, 2.05) is 0 Å². The Bertz CT molecular complexity index is 489. The fourth-order valence-electron chi connectivity index (χ4n) is 1.56. The zero-order valence-corrected chi connectivity index (χ0v) is 17.1. The Morgan fingerprint density at radius 1 is 0.792 bits per heavy atom. The van der Waals surface area contributed by atoms with Crippen molar-refractivity contribution in [3.63, 3.8) is 0 Å². The zero-order chi connectivity index (χ0) is 18.2. The molecule has 10 nitrogen and oxygen atoms in total. The molecule has 0 aliphatic carbocycles. The number of esters is 4. The summed E-state index contributed by atoms with van der Waals surface area (Å²) in [6, 6.07) is 0. The number of rotatable bonds is 8. The summed E-state index contributed by atoms with van der Waals surface area (Å²) in [6.45, 7) is 3.34. The molecule has 24 heavy (non-hydrogen) atoms. The topological polar surface area (TPSA) is 145 Å². The summed E-state index contributed by atoms with van der Waals surface area (Å²) < 4.78 is 18.7. The van der Waals surface area contributed by atoms with E-state index in [0.717, 1.165) is 27.7 Å². The molecule has 0 saturated carbocycles. The Balaban J connectivity index is 0. The fourth-order valence-corrected chi connectivity index (χ4v) is 1.56. The minimum Gasteiger partial charge on any atom is -0.546 e. The van der Waals surface area contributed by atoms with Crippen LogP contribution < -0.4 is 56.5 Å². The minimum absolute atomic E-state index is 0. The number of carboxylic acid groups (broad SMARTS) is 1. The van der Waals surface area contributed by atoms with Crippen molar-refractivity contribution < 1.29 is 99.4 Å². The maximum atomic E-state index is 11.2. The van der Waals surface area contributed by atoms with Crippen LogP contribution in [0, 0.1) is 0 Å². The van der Waals surface area contributed by atoms with Crippen molar-refractivity contribution in [3.05, 3.63) is 0 Å². The first-order chi connectivity index (χ1) is 10.5. The third kappa shape index (κ3) is 10.7. The number of aliphatic carboxylic acids is 1. The van der Waals surface area contributed by atoms with Gasteiger partial charge in [0.2, 0.25) is 0 Å². The van der Waals surface area contributed by atoms with Crippen molar-refractivity contribution in [1.29, 1.82) is 0 Å². The molecule has 0 fully saturated rings. The molecular formula is C13H17KO10. The van der Waals surface area contributed by atoms with E-state index >= 15 is 0 Å². The molecular weight excluding hydrogens is 355 g/mol. The average Bonchev–Trinajstić information content (AvgIpc) is 2.37. The molecule has 0 unspecified atom stereocenters. The zero-order valence-electron chi connectivity index (χ0n) is 14.0. The van der Waals surface area contributed by atoms with Crippen molar-refractivity contribution >= 4 is 29.8 Å². The van der Waals surface area contributed by atoms with E-state index in [1.165, 1.54) is 0 Å². The number of ether oxygens (including phenoxy) is 4. The van der Waals surface area contributed by atoms with Crippen LogP contribution in [-0.2, 0) is 42.9 Å². The Morgan fingerprint density at radius 2 is 1.25 bits per heavy atom. The van der Waals surface area contributed by atoms with Crippen LogP contribution in [0.2, 0.25) is 0 Å². The van der Waals surface area contributed by atoms with Crippen molar-refractivity contribution in [2.75, 3.05) is 6.61 Å². The smallest absolute Gasteiger partial charge is 0.546 e. The van der Waals surface area contributed by atoms with Crippen LogP contribution in [0.5, 0.6) is 0 Å². The molecule has 0 aromatic carbocycles. The van der Waals surface area contributed by atoms with E-state index in [2.05, 4.69) is 9.47 Å². The molecule has 0 aromatic rings. The van der Waals surface area contributed by atoms with Gasteiger partial charge in [0.05, 0.1) is 5.97 Å². The van der Waals surface area contributed by atoms with Gasteiger partial charge in [0, 0.05) is 27.7 Å². The second kappa shape index (κ2) is 12.4. The average molecular weight is 372 g/mol. The molecule has 3 atom stereocenters. The first kappa shape index (κ1) is 25.2. The van der Waals surface area contributed by atoms with Crippen molar-refractivity contribution in [2.24, 2.45) is 0 Å². The largest absolute Gasteiger partial charge is 1.00 e. The molecule has 0 aromatic heterocycles. The van der Waals surface area contributed by atoms with E-state index in [9.17, 15) is 29.1 Å². The molecule has 0 aliphatic rings. The Labute approximate surface area is 180 Å². The van der Waals surface area contributed by atoms with Gasteiger partial charge in [-0.25, -0.2) is 0 Å². The van der Waals surface area contributed by atoms with Crippen LogP contribution in [0.3, 0.4) is 0 Å². The van der Waals surface area contributed by atoms with Gasteiger partial charge in [-0.05, 0) is 0 Å². The van der Waals surface area contributed by atoms with Gasteiger partial charge in [0.25, 0.3) is 0 Å². The predicted molar refractivity (Wildman–Crippen MR) is 68.3 cm³/mol. The second-order valence-electron chi connectivity index (χ2n) is 4.37. The van der Waals surface area contributed by atoms with Crippen LogP contribution >= 0.6 is 0 Å².